The van der Waals surface area contributed by atoms with Gasteiger partial charge in [-0.25, -0.2) is 9.79 Å². The average Bonchev–Trinajstić information content (AvgIpc) is 3.41. The quantitative estimate of drug-likeness (QED) is 0.0238. The molecule has 0 aliphatic carbocycles. The van der Waals surface area contributed by atoms with Crippen LogP contribution in [0.4, 0.5) is 5.69 Å². The molecule has 2 heterocycles. The van der Waals surface area contributed by atoms with Crippen LogP contribution >= 0.6 is 18.9 Å². The Morgan fingerprint density at radius 1 is 0.726 bits per heavy atom. The second kappa shape index (κ2) is 28.5. The summed E-state index contributed by atoms with van der Waals surface area (Å²) in [6, 6.07) is 44.5. The molecule has 3 amide bonds. The number of halogens is 1. The highest BCUT2D eigenvalue weighted by Gasteiger charge is 2.44. The second-order valence-corrected chi connectivity index (χ2v) is 23.7. The van der Waals surface area contributed by atoms with Gasteiger partial charge in [-0.05, 0) is 106 Å². The van der Waals surface area contributed by atoms with E-state index in [-0.39, 0.29) is 23.6 Å². The molecule has 1 unspecified atom stereocenters. The van der Waals surface area contributed by atoms with Gasteiger partial charge < -0.3 is 19.4 Å². The number of anilines is 1. The third kappa shape index (κ3) is 15.8. The molecule has 1 saturated heterocycles. The monoisotopic (exact) mass is 1020 g/mol. The third-order valence-electron chi connectivity index (χ3n) is 14.1. The Bertz CT molecular complexity index is 2690. The zero-order valence-corrected chi connectivity index (χ0v) is 44.6. The Morgan fingerprint density at radius 3 is 1.93 bits per heavy atom. The van der Waals surface area contributed by atoms with Crippen molar-refractivity contribution in [3.8, 4) is 16.9 Å². The highest BCUT2D eigenvalue weighted by atomic mass is 35.5. The first kappa shape index (κ1) is 54.9. The summed E-state index contributed by atoms with van der Waals surface area (Å²) in [4.78, 5) is 58.6. The van der Waals surface area contributed by atoms with Crippen LogP contribution in [0.1, 0.15) is 129 Å². The van der Waals surface area contributed by atoms with Crippen LogP contribution in [0.15, 0.2) is 148 Å². The maximum atomic E-state index is 13.7. The van der Waals surface area contributed by atoms with Crippen LogP contribution < -0.4 is 31.6 Å². The van der Waals surface area contributed by atoms with Gasteiger partial charge >= 0.3 is 5.63 Å². The summed E-state index contributed by atoms with van der Waals surface area (Å²) in [5.74, 6) is -0.00163. The average molecular weight is 1020 g/mol. The van der Waals surface area contributed by atoms with Crippen LogP contribution in [0.5, 0.6) is 5.75 Å². The van der Waals surface area contributed by atoms with E-state index in [1.54, 1.807) is 54.4 Å². The van der Waals surface area contributed by atoms with Gasteiger partial charge in [0.2, 0.25) is 11.8 Å². The molecule has 5 aromatic carbocycles. The third-order valence-corrected chi connectivity index (χ3v) is 18.9. The first-order valence-electron chi connectivity index (χ1n) is 26.9. The fourth-order valence-electron chi connectivity index (χ4n) is 10.2. The number of likely N-dealkylation sites (tertiary alicyclic amines) is 1. The van der Waals surface area contributed by atoms with Crippen LogP contribution in [-0.4, -0.2) is 54.2 Å². The van der Waals surface area contributed by atoms with Crippen molar-refractivity contribution in [3.63, 3.8) is 0 Å². The lowest BCUT2D eigenvalue weighted by Crippen LogP contribution is -2.46. The minimum Gasteiger partial charge on any atom is -0.481 e. The van der Waals surface area contributed by atoms with E-state index in [0.29, 0.717) is 64.5 Å². The molecule has 1 N–H and O–H groups in total. The summed E-state index contributed by atoms with van der Waals surface area (Å²) in [6.45, 7) is 4.99. The molecular weight excluding hydrogens is 949 g/mol. The molecule has 0 bridgehead atoms. The molecule has 384 valence electrons. The predicted octanol–water partition coefficient (Wildman–Crippen LogP) is 13.9. The van der Waals surface area contributed by atoms with Gasteiger partial charge in [0.15, 0.2) is 6.10 Å². The summed E-state index contributed by atoms with van der Waals surface area (Å²) in [5, 5.41) is 8.10. The molecule has 0 saturated carbocycles. The summed E-state index contributed by atoms with van der Waals surface area (Å²) >= 11 is 6.79. The molecule has 1 aromatic heterocycles. The Kier molecular flexibility index (Phi) is 21.4. The molecule has 1 aliphatic heterocycles. The Labute approximate surface area is 438 Å². The topological polar surface area (TPSA) is 118 Å². The number of hydrogen-bond donors (Lipinski definition) is 1. The van der Waals surface area contributed by atoms with Crippen molar-refractivity contribution in [1.29, 1.82) is 0 Å². The van der Waals surface area contributed by atoms with Gasteiger partial charge in [-0.2, -0.15) is 0 Å². The number of unbranched alkanes of at least 4 members (excludes halogenated alkanes) is 12. The number of hydrogen-bond acceptors (Lipinski definition) is 6. The van der Waals surface area contributed by atoms with E-state index in [4.69, 9.17) is 20.8 Å². The van der Waals surface area contributed by atoms with Crippen LogP contribution in [-0.2, 0) is 14.4 Å². The van der Waals surface area contributed by atoms with Gasteiger partial charge in [-0.1, -0.05) is 143 Å². The first-order valence-corrected chi connectivity index (χ1v) is 29.2. The van der Waals surface area contributed by atoms with Crippen molar-refractivity contribution >= 4 is 75.4 Å². The summed E-state index contributed by atoms with van der Waals surface area (Å²) in [6.07, 6.45) is 20.6. The fourth-order valence-corrected chi connectivity index (χ4v) is 14.9. The standard InChI is InChI=1S/C62H73ClN3O6P/c1-3-4-5-6-7-8-9-10-11-12-23-35-60(68)65-49-36-38-54(57(63)42-49)56-44-61(69)72-58-43-50(37-39-55(56)58)71-47(2)62(70)66-40-26-27-48(46-66)45-64-59(67)34-24-16-25-41-73(51-28-17-13-18-29-51,52-30-19-14-20-31-52)53-32-21-15-22-33-53/h13-15,17-22,28-33,36-39,42-45,47-48H,3-12,16,23-27,34-35,40-41,46H2,1-2H3/p+1/t47-,48?/m1/s1. The molecule has 9 nitrogen and oxygen atoms in total. The SMILES string of the molecule is CCCCCCCCCCCCCC(=O)Nc1ccc(-c2cc(=O)oc3cc(O[C@H](C)C(=O)N4CCCC(C=NC(=O)CCCCC[P+](c5ccccc5)(c5ccccc5)c5ccccc5)C4)ccc23)c(Cl)c1. The van der Waals surface area contributed by atoms with Gasteiger partial charge in [0, 0.05) is 72.4 Å². The number of carbonyl (C=O) groups is 3. The fraction of sp³-hybridized carbons (Fsp3) is 0.403. The van der Waals surface area contributed by atoms with E-state index in [0.717, 1.165) is 57.5 Å². The lowest BCUT2D eigenvalue weighted by atomic mass is 9.99. The number of ether oxygens (including phenoxy) is 1. The van der Waals surface area contributed by atoms with E-state index in [1.165, 1.54) is 73.3 Å². The number of nitrogens with one attached hydrogen (secondary N) is 1. The van der Waals surface area contributed by atoms with Crippen molar-refractivity contribution in [2.45, 2.75) is 136 Å². The van der Waals surface area contributed by atoms with E-state index in [9.17, 15) is 19.2 Å². The number of benzene rings is 5. The van der Waals surface area contributed by atoms with Crippen molar-refractivity contribution in [2.24, 2.45) is 10.9 Å². The van der Waals surface area contributed by atoms with E-state index in [2.05, 4.69) is 108 Å². The van der Waals surface area contributed by atoms with Gasteiger partial charge in [-0.3, -0.25) is 14.4 Å². The molecule has 0 spiro atoms. The van der Waals surface area contributed by atoms with Crippen molar-refractivity contribution < 1.29 is 23.5 Å². The maximum Gasteiger partial charge on any atom is 0.336 e. The van der Waals surface area contributed by atoms with Gasteiger partial charge in [0.05, 0.1) is 11.2 Å². The zero-order valence-electron chi connectivity index (χ0n) is 43.0. The Balaban J connectivity index is 0.867. The molecule has 1 aliphatic rings. The normalized spacial score (nSPS) is 14.3. The largest absolute Gasteiger partial charge is 0.481 e. The van der Waals surface area contributed by atoms with Crippen LogP contribution in [0, 0.1) is 5.92 Å². The second-order valence-electron chi connectivity index (χ2n) is 19.6. The molecule has 73 heavy (non-hydrogen) atoms. The Hall–Kier alpha value is -5.89. The van der Waals surface area contributed by atoms with Crippen molar-refractivity contribution in [3.05, 3.63) is 149 Å². The van der Waals surface area contributed by atoms with Gasteiger partial charge in [0.1, 0.15) is 34.5 Å². The van der Waals surface area contributed by atoms with Crippen molar-refractivity contribution in [1.82, 2.24) is 4.90 Å². The number of aliphatic imine (C=N–C) groups is 1. The van der Waals surface area contributed by atoms with E-state index >= 15 is 0 Å². The van der Waals surface area contributed by atoms with Crippen molar-refractivity contribution in [2.75, 3.05) is 24.6 Å². The minimum atomic E-state index is -1.91. The van der Waals surface area contributed by atoms with Gasteiger partial charge in [-0.15, -0.1) is 0 Å². The number of piperidine rings is 1. The molecular formula is C62H74ClN3O6P+. The summed E-state index contributed by atoms with van der Waals surface area (Å²) in [5.41, 5.74) is 1.53. The zero-order chi connectivity index (χ0) is 51.3. The van der Waals surface area contributed by atoms with Gasteiger partial charge in [0.25, 0.3) is 5.91 Å². The summed E-state index contributed by atoms with van der Waals surface area (Å²) < 4.78 is 11.8. The maximum absolute atomic E-state index is 13.7. The number of amides is 3. The Morgan fingerprint density at radius 2 is 1.32 bits per heavy atom. The lowest BCUT2D eigenvalue weighted by Gasteiger charge is -2.32. The first-order chi connectivity index (χ1) is 35.6. The highest BCUT2D eigenvalue weighted by Crippen LogP contribution is 2.56. The molecule has 6 aromatic rings. The molecule has 11 heteroatoms. The molecule has 7 rings (SSSR count). The van der Waals surface area contributed by atoms with E-state index < -0.39 is 19.0 Å². The van der Waals surface area contributed by atoms with Crippen LogP contribution in [0.2, 0.25) is 5.02 Å². The lowest BCUT2D eigenvalue weighted by molar-refractivity contribution is -0.139. The molecule has 0 radical (unpaired) electrons. The number of fused-ring (bicyclic) bond motifs is 1. The smallest absolute Gasteiger partial charge is 0.336 e. The number of nitrogens with zero attached hydrogens (tertiary/aromatic N) is 2. The summed E-state index contributed by atoms with van der Waals surface area (Å²) in [7, 11) is -1.91. The number of rotatable bonds is 27. The molecule has 2 atom stereocenters. The van der Waals surface area contributed by atoms with E-state index in [1.807, 2.05) is 0 Å². The predicted molar refractivity (Wildman–Crippen MR) is 304 cm³/mol. The highest BCUT2D eigenvalue weighted by molar-refractivity contribution is 7.95. The molecule has 1 fully saturated rings. The number of carbonyl (C=O) groups excluding carboxylic acids is 3. The minimum absolute atomic E-state index is 0.0355. The van der Waals surface area contributed by atoms with Crippen LogP contribution in [0.3, 0.4) is 0 Å². The van der Waals surface area contributed by atoms with Crippen LogP contribution in [0.25, 0.3) is 22.1 Å².